The van der Waals surface area contributed by atoms with E-state index in [4.69, 9.17) is 26.8 Å². The lowest BCUT2D eigenvalue weighted by atomic mass is 9.86. The zero-order valence-electron chi connectivity index (χ0n) is 19.9. The summed E-state index contributed by atoms with van der Waals surface area (Å²) in [6.45, 7) is 2.71. The number of nitrogens with two attached hydrogens (primary N) is 1. The van der Waals surface area contributed by atoms with Gasteiger partial charge in [0, 0.05) is 17.6 Å². The van der Waals surface area contributed by atoms with Gasteiger partial charge >= 0.3 is 0 Å². The molecule has 0 aromatic heterocycles. The topological polar surface area (TPSA) is 64.8 Å². The van der Waals surface area contributed by atoms with Crippen LogP contribution in [0.2, 0.25) is 5.02 Å². The Morgan fingerprint density at radius 1 is 1.09 bits per heavy atom. The molecule has 3 aromatic carbocycles. The molecule has 3 aromatic rings. The highest BCUT2D eigenvalue weighted by Gasteiger charge is 2.36. The van der Waals surface area contributed by atoms with Crippen molar-refractivity contribution < 1.29 is 14.3 Å². The van der Waals surface area contributed by atoms with E-state index < -0.39 is 6.04 Å². The summed E-state index contributed by atoms with van der Waals surface area (Å²) < 4.78 is 11.2. The van der Waals surface area contributed by atoms with E-state index in [0.717, 1.165) is 41.0 Å². The van der Waals surface area contributed by atoms with E-state index in [1.807, 2.05) is 49.4 Å². The number of ether oxygens (including phenoxy) is 2. The molecule has 2 N–H and O–H groups in total. The predicted molar refractivity (Wildman–Crippen MR) is 136 cm³/mol. The fraction of sp³-hybridized carbons (Fsp3) is 0.321. The fourth-order valence-electron chi connectivity index (χ4n) is 4.93. The van der Waals surface area contributed by atoms with Crippen LogP contribution >= 0.6 is 11.6 Å². The van der Waals surface area contributed by atoms with Gasteiger partial charge in [0.15, 0.2) is 11.5 Å². The minimum Gasteiger partial charge on any atom is -0.493 e. The van der Waals surface area contributed by atoms with Crippen molar-refractivity contribution in [1.82, 2.24) is 4.90 Å². The van der Waals surface area contributed by atoms with Gasteiger partial charge in [-0.2, -0.15) is 0 Å². The maximum absolute atomic E-state index is 12.8. The average molecular weight is 479 g/mol. The molecule has 0 spiro atoms. The number of methoxy groups -OCH3 is 2. The number of primary amides is 1. The van der Waals surface area contributed by atoms with E-state index in [2.05, 4.69) is 23.1 Å². The first-order chi connectivity index (χ1) is 16.4. The molecule has 0 unspecified atom stereocenters. The highest BCUT2D eigenvalue weighted by atomic mass is 35.5. The Labute approximate surface area is 206 Å². The van der Waals surface area contributed by atoms with Crippen molar-refractivity contribution in [2.45, 2.75) is 38.3 Å². The summed E-state index contributed by atoms with van der Waals surface area (Å²) in [7, 11) is 3.29. The number of nitrogens with zero attached hydrogens (tertiary/aromatic N) is 1. The van der Waals surface area contributed by atoms with Crippen LogP contribution in [-0.4, -0.2) is 31.6 Å². The summed E-state index contributed by atoms with van der Waals surface area (Å²) in [6, 6.07) is 19.5. The molecule has 0 saturated carbocycles. The molecule has 4 rings (SSSR count). The highest BCUT2D eigenvalue weighted by Crippen LogP contribution is 2.43. The van der Waals surface area contributed by atoms with Gasteiger partial charge in [-0.3, -0.25) is 9.69 Å². The van der Waals surface area contributed by atoms with E-state index in [1.54, 1.807) is 14.2 Å². The molecule has 34 heavy (non-hydrogen) atoms. The maximum Gasteiger partial charge on any atom is 0.239 e. The fourth-order valence-corrected chi connectivity index (χ4v) is 5.13. The number of benzene rings is 3. The van der Waals surface area contributed by atoms with Gasteiger partial charge in [-0.05, 0) is 72.2 Å². The smallest absolute Gasteiger partial charge is 0.239 e. The van der Waals surface area contributed by atoms with E-state index in [0.29, 0.717) is 18.0 Å². The van der Waals surface area contributed by atoms with E-state index in [9.17, 15) is 4.79 Å². The normalized spacial score (nSPS) is 16.5. The Hall–Kier alpha value is -3.02. The summed E-state index contributed by atoms with van der Waals surface area (Å²) >= 11 is 6.39. The van der Waals surface area contributed by atoms with Crippen LogP contribution in [0.5, 0.6) is 11.5 Å². The van der Waals surface area contributed by atoms with E-state index in [1.165, 1.54) is 11.1 Å². The van der Waals surface area contributed by atoms with E-state index in [-0.39, 0.29) is 11.9 Å². The molecular formula is C28H31ClN2O3. The number of rotatable bonds is 8. The van der Waals surface area contributed by atoms with Gasteiger partial charge in [0.1, 0.15) is 6.04 Å². The van der Waals surface area contributed by atoms with Crippen LogP contribution in [0.1, 0.15) is 46.3 Å². The van der Waals surface area contributed by atoms with Gasteiger partial charge in [0.25, 0.3) is 0 Å². The average Bonchev–Trinajstić information content (AvgIpc) is 2.84. The molecule has 1 aliphatic heterocycles. The van der Waals surface area contributed by atoms with Crippen LogP contribution in [0.3, 0.4) is 0 Å². The largest absolute Gasteiger partial charge is 0.493 e. The molecule has 1 aliphatic rings. The number of halogens is 1. The predicted octanol–water partition coefficient (Wildman–Crippen LogP) is 5.42. The first-order valence-corrected chi connectivity index (χ1v) is 11.9. The van der Waals surface area contributed by atoms with Gasteiger partial charge in [-0.1, -0.05) is 54.1 Å². The molecule has 0 fully saturated rings. The second-order valence-electron chi connectivity index (χ2n) is 8.75. The molecule has 6 heteroatoms. The number of aryl methyl sites for hydroxylation is 2. The van der Waals surface area contributed by atoms with Crippen molar-refractivity contribution in [2.75, 3.05) is 20.8 Å². The molecule has 0 radical (unpaired) electrons. The monoisotopic (exact) mass is 478 g/mol. The number of hydrogen-bond donors (Lipinski definition) is 1. The molecule has 0 bridgehead atoms. The number of fused-ring (bicyclic) bond motifs is 1. The van der Waals surface area contributed by atoms with Gasteiger partial charge in [0.2, 0.25) is 5.91 Å². The second kappa shape index (κ2) is 10.5. The Balaban J connectivity index is 1.75. The van der Waals surface area contributed by atoms with Crippen LogP contribution < -0.4 is 15.2 Å². The standard InChI is InChI=1S/C28H31ClN2O3/c1-18-9-10-19(15-23(18)29)11-12-24-22-17-26(34-3)25(33-2)16-21(22)13-14-31(24)27(28(30)32)20-7-5-4-6-8-20/h4-10,15-17,24,27H,11-14H2,1-3H3,(H2,30,32)/t24-,27+/m0/s1. The molecular weight excluding hydrogens is 448 g/mol. The molecule has 1 amide bonds. The maximum atomic E-state index is 12.8. The first kappa shape index (κ1) is 24.1. The van der Waals surface area contributed by atoms with Crippen molar-refractivity contribution in [3.05, 3.63) is 93.5 Å². The van der Waals surface area contributed by atoms with Crippen molar-refractivity contribution in [3.63, 3.8) is 0 Å². The molecule has 0 aliphatic carbocycles. The van der Waals surface area contributed by atoms with Crippen molar-refractivity contribution in [2.24, 2.45) is 5.73 Å². The minimum atomic E-state index is -0.519. The van der Waals surface area contributed by atoms with Gasteiger partial charge < -0.3 is 15.2 Å². The summed E-state index contributed by atoms with van der Waals surface area (Å²) in [5.74, 6) is 1.05. The summed E-state index contributed by atoms with van der Waals surface area (Å²) in [4.78, 5) is 15.0. The number of carbonyl (C=O) groups is 1. The van der Waals surface area contributed by atoms with Gasteiger partial charge in [-0.15, -0.1) is 0 Å². The summed E-state index contributed by atoms with van der Waals surface area (Å²) in [5, 5.41) is 0.768. The van der Waals surface area contributed by atoms with Gasteiger partial charge in [-0.25, -0.2) is 0 Å². The lowest BCUT2D eigenvalue weighted by Crippen LogP contribution is -2.44. The SMILES string of the molecule is COc1cc2c(cc1OC)[C@H](CCc1ccc(C)c(Cl)c1)N([C@@H](C(N)=O)c1ccccc1)CC2. The summed E-state index contributed by atoms with van der Waals surface area (Å²) in [6.07, 6.45) is 2.41. The molecule has 2 atom stereocenters. The van der Waals surface area contributed by atoms with Crippen LogP contribution in [-0.2, 0) is 17.6 Å². The third kappa shape index (κ3) is 4.91. The van der Waals surface area contributed by atoms with Crippen molar-refractivity contribution >= 4 is 17.5 Å². The minimum absolute atomic E-state index is 0.0265. The van der Waals surface area contributed by atoms with Crippen LogP contribution in [0.15, 0.2) is 60.7 Å². The summed E-state index contributed by atoms with van der Waals surface area (Å²) in [5.41, 5.74) is 11.5. The van der Waals surface area contributed by atoms with Gasteiger partial charge in [0.05, 0.1) is 14.2 Å². The second-order valence-corrected chi connectivity index (χ2v) is 9.15. The third-order valence-corrected chi connectivity index (χ3v) is 7.11. The lowest BCUT2D eigenvalue weighted by molar-refractivity contribution is -0.124. The number of hydrogen-bond acceptors (Lipinski definition) is 4. The zero-order chi connectivity index (χ0) is 24.2. The lowest BCUT2D eigenvalue weighted by Gasteiger charge is -2.41. The third-order valence-electron chi connectivity index (χ3n) is 6.70. The molecule has 5 nitrogen and oxygen atoms in total. The first-order valence-electron chi connectivity index (χ1n) is 11.5. The Morgan fingerprint density at radius 2 is 1.79 bits per heavy atom. The number of amides is 1. The Kier molecular flexibility index (Phi) is 7.44. The zero-order valence-corrected chi connectivity index (χ0v) is 20.6. The molecule has 178 valence electrons. The van der Waals surface area contributed by atoms with Crippen molar-refractivity contribution in [3.8, 4) is 11.5 Å². The van der Waals surface area contributed by atoms with Crippen LogP contribution in [0.4, 0.5) is 0 Å². The van der Waals surface area contributed by atoms with Crippen LogP contribution in [0, 0.1) is 6.92 Å². The molecule has 1 heterocycles. The van der Waals surface area contributed by atoms with Crippen LogP contribution in [0.25, 0.3) is 0 Å². The quantitative estimate of drug-likeness (QED) is 0.469. The Bertz CT molecular complexity index is 1170. The highest BCUT2D eigenvalue weighted by molar-refractivity contribution is 6.31. The van der Waals surface area contributed by atoms with E-state index >= 15 is 0 Å². The number of carbonyl (C=O) groups excluding carboxylic acids is 1. The Morgan fingerprint density at radius 3 is 2.44 bits per heavy atom. The molecule has 0 saturated heterocycles. The van der Waals surface area contributed by atoms with Crippen molar-refractivity contribution in [1.29, 1.82) is 0 Å².